The molecule has 0 spiro atoms. The summed E-state index contributed by atoms with van der Waals surface area (Å²) in [5, 5.41) is 2.39. The van der Waals surface area contributed by atoms with Gasteiger partial charge in [-0.05, 0) is 45.2 Å². The molecule has 32 heavy (non-hydrogen) atoms. The number of hydrogen-bond donors (Lipinski definition) is 1. The van der Waals surface area contributed by atoms with Crippen molar-refractivity contribution in [3.8, 4) is 10.6 Å². The number of aromatic nitrogens is 3. The molecule has 170 valence electrons. The smallest absolute Gasteiger partial charge is 0.257 e. The third kappa shape index (κ3) is 4.67. The summed E-state index contributed by atoms with van der Waals surface area (Å²) >= 11 is 1.32. The fourth-order valence-corrected chi connectivity index (χ4v) is 5.89. The van der Waals surface area contributed by atoms with Crippen LogP contribution in [0.4, 0.5) is 4.39 Å². The summed E-state index contributed by atoms with van der Waals surface area (Å²) in [5.41, 5.74) is 2.19. The molecule has 0 unspecified atom stereocenters. The summed E-state index contributed by atoms with van der Waals surface area (Å²) in [7, 11) is -3.48. The van der Waals surface area contributed by atoms with Crippen LogP contribution in [0.25, 0.3) is 10.6 Å². The molecule has 7 nitrogen and oxygen atoms in total. The van der Waals surface area contributed by atoms with Crippen LogP contribution in [0.2, 0.25) is 0 Å². The monoisotopic (exact) mass is 476 g/mol. The van der Waals surface area contributed by atoms with Gasteiger partial charge in [-0.25, -0.2) is 27.5 Å². The van der Waals surface area contributed by atoms with E-state index in [0.29, 0.717) is 46.8 Å². The molecule has 4 rings (SSSR count). The van der Waals surface area contributed by atoms with Crippen LogP contribution >= 0.6 is 11.3 Å². The molecule has 1 aliphatic carbocycles. The standard InChI is InChI=1S/C22H25FN4O3S2/c1-13(2)27-12-24-19-9-8-18(26-32(3,29)30)16(20(19)22(27)28)10-14-11-31-21(25-14)15-6-4-5-7-17(15)23/h4-7,11-13,16,18,26H,8-10H2,1-3H3/t16-,18-/m0/s1. The molecule has 10 heteroatoms. The van der Waals surface area contributed by atoms with E-state index >= 15 is 0 Å². The number of halogens is 1. The fourth-order valence-electron chi connectivity index (χ4n) is 4.20. The Labute approximate surface area is 190 Å². The predicted octanol–water partition coefficient (Wildman–Crippen LogP) is 3.28. The van der Waals surface area contributed by atoms with Crippen LogP contribution in [0, 0.1) is 5.82 Å². The summed E-state index contributed by atoms with van der Waals surface area (Å²) in [6, 6.07) is 5.92. The van der Waals surface area contributed by atoms with E-state index in [9.17, 15) is 17.6 Å². The lowest BCUT2D eigenvalue weighted by Crippen LogP contribution is -2.45. The van der Waals surface area contributed by atoms with E-state index in [0.717, 1.165) is 6.26 Å². The highest BCUT2D eigenvalue weighted by Crippen LogP contribution is 2.34. The highest BCUT2D eigenvalue weighted by Gasteiger charge is 2.35. The van der Waals surface area contributed by atoms with Crippen LogP contribution < -0.4 is 10.3 Å². The van der Waals surface area contributed by atoms with E-state index in [1.165, 1.54) is 17.4 Å². The SMILES string of the molecule is CC(C)n1cnc2c(c1=O)[C@@H](Cc1csc(-c3ccccc3F)n1)[C@@H](NS(C)(=O)=O)CC2. The second-order valence-corrected chi connectivity index (χ2v) is 11.0. The predicted molar refractivity (Wildman–Crippen MR) is 123 cm³/mol. The molecule has 3 aromatic rings. The zero-order valence-corrected chi connectivity index (χ0v) is 19.7. The van der Waals surface area contributed by atoms with Crippen molar-refractivity contribution in [2.75, 3.05) is 6.26 Å². The Balaban J connectivity index is 1.75. The molecular weight excluding hydrogens is 451 g/mol. The first-order valence-electron chi connectivity index (χ1n) is 10.4. The van der Waals surface area contributed by atoms with Gasteiger partial charge in [0.25, 0.3) is 5.56 Å². The number of hydrogen-bond acceptors (Lipinski definition) is 6. The maximum Gasteiger partial charge on any atom is 0.257 e. The molecule has 0 bridgehead atoms. The summed E-state index contributed by atoms with van der Waals surface area (Å²) in [6.45, 7) is 3.81. The summed E-state index contributed by atoms with van der Waals surface area (Å²) in [4.78, 5) is 22.4. The van der Waals surface area contributed by atoms with Gasteiger partial charge in [0.05, 0.1) is 24.0 Å². The molecule has 0 radical (unpaired) electrons. The quantitative estimate of drug-likeness (QED) is 0.589. The molecule has 1 aliphatic rings. The van der Waals surface area contributed by atoms with Gasteiger partial charge >= 0.3 is 0 Å². The van der Waals surface area contributed by atoms with Crippen molar-refractivity contribution in [1.82, 2.24) is 19.3 Å². The summed E-state index contributed by atoms with van der Waals surface area (Å²) < 4.78 is 42.5. The maximum atomic E-state index is 14.2. The van der Waals surface area contributed by atoms with E-state index in [1.807, 2.05) is 19.2 Å². The number of aryl methyl sites for hydroxylation is 1. The Kier molecular flexibility index (Phi) is 6.28. The number of benzene rings is 1. The largest absolute Gasteiger partial charge is 0.296 e. The van der Waals surface area contributed by atoms with Crippen molar-refractivity contribution >= 4 is 21.4 Å². The first-order chi connectivity index (χ1) is 15.1. The molecule has 0 amide bonds. The van der Waals surface area contributed by atoms with Crippen molar-refractivity contribution in [2.24, 2.45) is 0 Å². The van der Waals surface area contributed by atoms with E-state index in [1.54, 1.807) is 29.1 Å². The van der Waals surface area contributed by atoms with Crippen LogP contribution in [0.15, 0.2) is 40.8 Å². The Morgan fingerprint density at radius 1 is 1.31 bits per heavy atom. The molecule has 2 atom stereocenters. The molecule has 0 fully saturated rings. The summed E-state index contributed by atoms with van der Waals surface area (Å²) in [5.74, 6) is -0.771. The Hall–Kier alpha value is -2.43. The van der Waals surface area contributed by atoms with Gasteiger partial charge in [-0.1, -0.05) is 12.1 Å². The van der Waals surface area contributed by atoms with E-state index in [-0.39, 0.29) is 17.4 Å². The molecular formula is C22H25FN4O3S2. The van der Waals surface area contributed by atoms with Crippen LogP contribution in [0.3, 0.4) is 0 Å². The molecule has 2 aromatic heterocycles. The number of thiazole rings is 1. The molecule has 0 aliphatic heterocycles. The Bertz CT molecular complexity index is 1300. The molecule has 1 aromatic carbocycles. The van der Waals surface area contributed by atoms with Gasteiger partial charge in [-0.15, -0.1) is 11.3 Å². The van der Waals surface area contributed by atoms with Gasteiger partial charge in [0.2, 0.25) is 10.0 Å². The minimum Gasteiger partial charge on any atom is -0.296 e. The van der Waals surface area contributed by atoms with Crippen molar-refractivity contribution in [3.63, 3.8) is 0 Å². The number of nitrogens with one attached hydrogen (secondary N) is 1. The van der Waals surface area contributed by atoms with Crippen LogP contribution in [0.5, 0.6) is 0 Å². The average Bonchev–Trinajstić information content (AvgIpc) is 3.17. The number of sulfonamides is 1. The van der Waals surface area contributed by atoms with E-state index in [4.69, 9.17) is 0 Å². The summed E-state index contributed by atoms with van der Waals surface area (Å²) in [6.07, 6.45) is 4.09. The highest BCUT2D eigenvalue weighted by molar-refractivity contribution is 7.88. The van der Waals surface area contributed by atoms with Gasteiger partial charge in [0.15, 0.2) is 0 Å². The van der Waals surface area contributed by atoms with Crippen LogP contribution in [-0.2, 0) is 22.9 Å². The normalized spacial score (nSPS) is 18.7. The van der Waals surface area contributed by atoms with Gasteiger partial charge < -0.3 is 0 Å². The molecule has 0 saturated carbocycles. The van der Waals surface area contributed by atoms with Gasteiger partial charge in [-0.2, -0.15) is 0 Å². The van der Waals surface area contributed by atoms with E-state index in [2.05, 4.69) is 14.7 Å². The lowest BCUT2D eigenvalue weighted by molar-refractivity contribution is 0.411. The zero-order chi connectivity index (χ0) is 23.0. The number of fused-ring (bicyclic) bond motifs is 1. The second-order valence-electron chi connectivity index (χ2n) is 8.38. The third-order valence-electron chi connectivity index (χ3n) is 5.67. The van der Waals surface area contributed by atoms with Gasteiger partial charge in [-0.3, -0.25) is 9.36 Å². The second kappa shape index (κ2) is 8.84. The Morgan fingerprint density at radius 2 is 2.06 bits per heavy atom. The number of rotatable bonds is 6. The van der Waals surface area contributed by atoms with E-state index < -0.39 is 22.0 Å². The lowest BCUT2D eigenvalue weighted by atomic mass is 9.80. The minimum atomic E-state index is -3.48. The van der Waals surface area contributed by atoms with Crippen molar-refractivity contribution in [3.05, 3.63) is 69.1 Å². The average molecular weight is 477 g/mol. The topological polar surface area (TPSA) is 93.9 Å². The van der Waals surface area contributed by atoms with Crippen molar-refractivity contribution in [1.29, 1.82) is 0 Å². The Morgan fingerprint density at radius 3 is 2.75 bits per heavy atom. The van der Waals surface area contributed by atoms with Crippen molar-refractivity contribution in [2.45, 2.75) is 51.1 Å². The highest BCUT2D eigenvalue weighted by atomic mass is 32.2. The first-order valence-corrected chi connectivity index (χ1v) is 13.2. The van der Waals surface area contributed by atoms with Crippen LogP contribution in [-0.4, -0.2) is 35.3 Å². The van der Waals surface area contributed by atoms with Gasteiger partial charge in [0.1, 0.15) is 10.8 Å². The maximum absolute atomic E-state index is 14.2. The number of nitrogens with zero attached hydrogens (tertiary/aromatic N) is 3. The molecule has 0 saturated heterocycles. The third-order valence-corrected chi connectivity index (χ3v) is 7.32. The fraction of sp³-hybridized carbons (Fsp3) is 0.409. The first kappa shape index (κ1) is 22.8. The zero-order valence-electron chi connectivity index (χ0n) is 18.1. The lowest BCUT2D eigenvalue weighted by Gasteiger charge is -2.32. The van der Waals surface area contributed by atoms with Crippen molar-refractivity contribution < 1.29 is 12.8 Å². The molecule has 2 heterocycles. The van der Waals surface area contributed by atoms with Gasteiger partial charge in [0, 0.05) is 34.5 Å². The minimum absolute atomic E-state index is 0.0730. The van der Waals surface area contributed by atoms with Crippen LogP contribution in [0.1, 0.15) is 49.2 Å². The molecule has 1 N–H and O–H groups in total.